The van der Waals surface area contributed by atoms with E-state index in [4.69, 9.17) is 18.5 Å². The Kier molecular flexibility index (Phi) is 52.2. The molecule has 2 atom stereocenters. The van der Waals surface area contributed by atoms with Gasteiger partial charge in [-0.05, 0) is 89.9 Å². The van der Waals surface area contributed by atoms with Crippen LogP contribution in [0.3, 0.4) is 0 Å². The van der Waals surface area contributed by atoms with Gasteiger partial charge in [0.25, 0.3) is 0 Å². The number of likely N-dealkylation sites (N-methyl/N-ethyl adjacent to an activating group) is 1. The van der Waals surface area contributed by atoms with E-state index in [0.29, 0.717) is 24.1 Å². The number of ether oxygens (including phenoxy) is 2. The Morgan fingerprint density at radius 2 is 0.817 bits per heavy atom. The van der Waals surface area contributed by atoms with Crippen LogP contribution in [0.2, 0.25) is 0 Å². The molecule has 0 bridgehead atoms. The summed E-state index contributed by atoms with van der Waals surface area (Å²) in [4.78, 5) is 23.1. The van der Waals surface area contributed by atoms with Crippen molar-refractivity contribution in [2.24, 2.45) is 0 Å². The first-order chi connectivity index (χ1) is 34.6. The molecule has 2 unspecified atom stereocenters. The molecule has 0 amide bonds. The molecule has 412 valence electrons. The third-order valence-electron chi connectivity index (χ3n) is 12.4. The highest BCUT2D eigenvalue weighted by Crippen LogP contribution is 2.43. The molecule has 0 aromatic carbocycles. The summed E-state index contributed by atoms with van der Waals surface area (Å²) in [6.07, 6.45) is 73.6. The van der Waals surface area contributed by atoms with Crippen molar-refractivity contribution in [3.05, 3.63) is 85.1 Å². The van der Waals surface area contributed by atoms with Gasteiger partial charge in [0, 0.05) is 13.0 Å². The zero-order chi connectivity index (χ0) is 51.9. The molecule has 0 aliphatic heterocycles. The van der Waals surface area contributed by atoms with E-state index in [-0.39, 0.29) is 25.8 Å². The number of carbonyl (C=O) groups excluding carboxylic acids is 1. The van der Waals surface area contributed by atoms with Crippen LogP contribution in [0.15, 0.2) is 85.1 Å². The molecule has 0 aromatic rings. The monoisotopic (exact) mass is 1010 g/mol. The van der Waals surface area contributed by atoms with Crippen LogP contribution in [0, 0.1) is 0 Å². The van der Waals surface area contributed by atoms with Gasteiger partial charge in [-0.25, -0.2) is 4.57 Å². The summed E-state index contributed by atoms with van der Waals surface area (Å²) in [5, 5.41) is 0. The average Bonchev–Trinajstić information content (AvgIpc) is 3.33. The third-order valence-corrected chi connectivity index (χ3v) is 13.4. The second-order valence-corrected chi connectivity index (χ2v) is 22.1. The minimum atomic E-state index is -4.29. The standard InChI is InChI=1S/C62H112NO7P/c1-6-8-10-12-14-16-18-20-22-24-26-28-30-32-33-35-37-39-41-43-45-47-49-51-53-55-62(64)70-61(60-69-71(65,66)68-58-56-63(3,4)5)59-67-57-54-52-50-48-46-44-42-40-38-36-34-31-29-27-25-23-21-19-17-15-13-11-9-7-2/h9,11,15,17-18,20-21,23-24,26-27,29-30,32,61H,6-8,10,12-14,16,19,22,25,28,31,33-60H2,1-5H3/p+1/b11-9-,17-15-,20-18-,23-21-,26-24-,29-27-,32-30-. The van der Waals surface area contributed by atoms with Crippen LogP contribution in [0.1, 0.15) is 245 Å². The van der Waals surface area contributed by atoms with Crippen LogP contribution >= 0.6 is 7.82 Å². The van der Waals surface area contributed by atoms with E-state index in [2.05, 4.69) is 98.9 Å². The van der Waals surface area contributed by atoms with E-state index in [1.807, 2.05) is 21.1 Å². The van der Waals surface area contributed by atoms with E-state index in [9.17, 15) is 14.3 Å². The number of rotatable bonds is 54. The van der Waals surface area contributed by atoms with Gasteiger partial charge in [0.05, 0.1) is 34.4 Å². The molecular formula is C62H113NO7P+. The molecular weight excluding hydrogens is 902 g/mol. The molecule has 71 heavy (non-hydrogen) atoms. The first-order valence-electron chi connectivity index (χ1n) is 29.3. The topological polar surface area (TPSA) is 91.3 Å². The fourth-order valence-electron chi connectivity index (χ4n) is 7.96. The van der Waals surface area contributed by atoms with Crippen LogP contribution in [0.25, 0.3) is 0 Å². The molecule has 0 spiro atoms. The average molecular weight is 1020 g/mol. The summed E-state index contributed by atoms with van der Waals surface area (Å²) in [7, 11) is 1.66. The number of esters is 1. The minimum Gasteiger partial charge on any atom is -0.457 e. The highest BCUT2D eigenvalue weighted by Gasteiger charge is 2.26. The molecule has 0 aromatic heterocycles. The number of carbonyl (C=O) groups is 1. The maximum absolute atomic E-state index is 12.8. The van der Waals surface area contributed by atoms with Gasteiger partial charge < -0.3 is 18.9 Å². The van der Waals surface area contributed by atoms with Gasteiger partial charge in [-0.3, -0.25) is 13.8 Å². The Hall–Kier alpha value is -2.32. The normalized spacial score (nSPS) is 14.1. The molecule has 0 saturated carbocycles. The number of phosphoric acid groups is 1. The van der Waals surface area contributed by atoms with E-state index in [1.165, 1.54) is 154 Å². The van der Waals surface area contributed by atoms with Gasteiger partial charge in [0.1, 0.15) is 19.3 Å². The van der Waals surface area contributed by atoms with E-state index >= 15 is 0 Å². The van der Waals surface area contributed by atoms with Gasteiger partial charge in [0.15, 0.2) is 0 Å². The van der Waals surface area contributed by atoms with E-state index < -0.39 is 13.9 Å². The summed E-state index contributed by atoms with van der Waals surface area (Å²) in [5.74, 6) is -0.319. The van der Waals surface area contributed by atoms with Gasteiger partial charge in [-0.15, -0.1) is 0 Å². The Morgan fingerprint density at radius 3 is 1.23 bits per heavy atom. The van der Waals surface area contributed by atoms with Crippen molar-refractivity contribution >= 4 is 13.8 Å². The highest BCUT2D eigenvalue weighted by molar-refractivity contribution is 7.47. The van der Waals surface area contributed by atoms with Crippen molar-refractivity contribution in [1.29, 1.82) is 0 Å². The zero-order valence-corrected chi connectivity index (χ0v) is 47.8. The van der Waals surface area contributed by atoms with E-state index in [1.54, 1.807) is 0 Å². The number of quaternary nitrogens is 1. The van der Waals surface area contributed by atoms with Crippen LogP contribution < -0.4 is 0 Å². The molecule has 0 radical (unpaired) electrons. The Balaban J connectivity index is 4.10. The number of phosphoric ester groups is 1. The summed E-state index contributed by atoms with van der Waals surface area (Å²) < 4.78 is 35.3. The molecule has 9 heteroatoms. The lowest BCUT2D eigenvalue weighted by Crippen LogP contribution is -2.37. The quantitative estimate of drug-likeness (QED) is 0.0213. The van der Waals surface area contributed by atoms with Crippen molar-refractivity contribution in [2.45, 2.75) is 251 Å². The van der Waals surface area contributed by atoms with Gasteiger partial charge in [-0.2, -0.15) is 0 Å². The van der Waals surface area contributed by atoms with Crippen molar-refractivity contribution in [2.75, 3.05) is 54.1 Å². The second-order valence-electron chi connectivity index (χ2n) is 20.6. The Bertz CT molecular complexity index is 1410. The van der Waals surface area contributed by atoms with Crippen molar-refractivity contribution < 1.29 is 37.3 Å². The molecule has 1 N–H and O–H groups in total. The summed E-state index contributed by atoms with van der Waals surface area (Å²) in [5.41, 5.74) is 0. The highest BCUT2D eigenvalue weighted by atomic mass is 31.2. The summed E-state index contributed by atoms with van der Waals surface area (Å²) in [6.45, 7) is 5.50. The molecule has 0 heterocycles. The van der Waals surface area contributed by atoms with Gasteiger partial charge >= 0.3 is 13.8 Å². The first-order valence-corrected chi connectivity index (χ1v) is 30.8. The van der Waals surface area contributed by atoms with Crippen molar-refractivity contribution in [3.8, 4) is 0 Å². The number of hydrogen-bond donors (Lipinski definition) is 1. The first kappa shape index (κ1) is 68.7. The second kappa shape index (κ2) is 54.0. The zero-order valence-electron chi connectivity index (χ0n) is 46.9. The third kappa shape index (κ3) is 58.4. The molecule has 8 nitrogen and oxygen atoms in total. The van der Waals surface area contributed by atoms with Crippen molar-refractivity contribution in [1.82, 2.24) is 0 Å². The fraction of sp³-hybridized carbons (Fsp3) is 0.758. The smallest absolute Gasteiger partial charge is 0.457 e. The Labute approximate surface area is 439 Å². The number of unbranched alkanes of at least 4 members (excludes halogenated alkanes) is 26. The summed E-state index contributed by atoms with van der Waals surface area (Å²) in [6, 6.07) is 0. The number of nitrogens with zero attached hydrogens (tertiary/aromatic N) is 1. The fourth-order valence-corrected chi connectivity index (χ4v) is 8.71. The molecule has 0 aliphatic carbocycles. The lowest BCUT2D eigenvalue weighted by Gasteiger charge is -2.24. The maximum Gasteiger partial charge on any atom is 0.472 e. The number of hydrogen-bond acceptors (Lipinski definition) is 6. The Morgan fingerprint density at radius 1 is 0.451 bits per heavy atom. The minimum absolute atomic E-state index is 0.0837. The maximum atomic E-state index is 12.8. The predicted octanol–water partition coefficient (Wildman–Crippen LogP) is 18.7. The van der Waals surface area contributed by atoms with E-state index in [0.717, 1.165) is 70.6 Å². The van der Waals surface area contributed by atoms with Crippen LogP contribution in [0.4, 0.5) is 0 Å². The predicted molar refractivity (Wildman–Crippen MR) is 307 cm³/mol. The molecule has 0 saturated heterocycles. The van der Waals surface area contributed by atoms with Crippen molar-refractivity contribution in [3.63, 3.8) is 0 Å². The van der Waals surface area contributed by atoms with Crippen LogP contribution in [0.5, 0.6) is 0 Å². The SMILES string of the molecule is CC/C=C\C/C=C\C/C=C\C/C=C\CCCCCCCCCCCCCOCC(COP(=O)(O)OCC[N+](C)(C)C)OC(=O)CCCCCCCCCCCC/C=C\C/C=C\C/C=C\CCCCCCC. The lowest BCUT2D eigenvalue weighted by molar-refractivity contribution is -0.870. The lowest BCUT2D eigenvalue weighted by atomic mass is 10.0. The number of allylic oxidation sites excluding steroid dienone is 14. The van der Waals surface area contributed by atoms with Crippen LogP contribution in [-0.4, -0.2) is 75.6 Å². The molecule has 0 rings (SSSR count). The van der Waals surface area contributed by atoms with Gasteiger partial charge in [-0.1, -0.05) is 234 Å². The molecule has 0 aliphatic rings. The molecule has 0 fully saturated rings. The van der Waals surface area contributed by atoms with Crippen LogP contribution in [-0.2, 0) is 27.9 Å². The largest absolute Gasteiger partial charge is 0.472 e. The van der Waals surface area contributed by atoms with Gasteiger partial charge in [0.2, 0.25) is 0 Å². The summed E-state index contributed by atoms with van der Waals surface area (Å²) >= 11 is 0.